The van der Waals surface area contributed by atoms with E-state index in [4.69, 9.17) is 37.5 Å². The molecule has 1 amide bonds. The van der Waals surface area contributed by atoms with Gasteiger partial charge < -0.3 is 9.47 Å². The van der Waals surface area contributed by atoms with E-state index >= 15 is 0 Å². The third-order valence-corrected chi connectivity index (χ3v) is 5.11. The molecule has 0 spiro atoms. The molecule has 1 aliphatic rings. The minimum atomic E-state index is -1.14. The van der Waals surface area contributed by atoms with Crippen LogP contribution in [0.3, 0.4) is 0 Å². The number of pyridine rings is 1. The van der Waals surface area contributed by atoms with Crippen LogP contribution in [-0.2, 0) is 19.1 Å². The number of carbonyl (C=O) groups excluding carboxylic acids is 2. The number of nitrogens with zero attached hydrogens (tertiary/aromatic N) is 2. The molecule has 2 aromatic rings. The Bertz CT molecular complexity index is 1010. The van der Waals surface area contributed by atoms with Gasteiger partial charge in [-0.25, -0.2) is 14.7 Å². The van der Waals surface area contributed by atoms with Crippen LogP contribution in [0, 0.1) is 0 Å². The van der Waals surface area contributed by atoms with Crippen LogP contribution in [0.15, 0.2) is 48.5 Å². The average molecular weight is 451 g/mol. The summed E-state index contributed by atoms with van der Waals surface area (Å²) in [5, 5.41) is 1.76. The molecular weight excluding hydrogens is 431 g/mol. The first-order valence-corrected chi connectivity index (χ1v) is 9.79. The Morgan fingerprint density at radius 3 is 2.57 bits per heavy atom. The number of amides is 1. The summed E-state index contributed by atoms with van der Waals surface area (Å²) >= 11 is 12.4. The highest BCUT2D eigenvalue weighted by atomic mass is 35.5. The molecule has 0 radical (unpaired) electrons. The lowest BCUT2D eigenvalue weighted by Crippen LogP contribution is -2.46. The highest BCUT2D eigenvalue weighted by Crippen LogP contribution is 2.43. The lowest BCUT2D eigenvalue weighted by atomic mass is 9.99. The Kier molecular flexibility index (Phi) is 6.47. The minimum absolute atomic E-state index is 0.0916. The Morgan fingerprint density at radius 1 is 1.23 bits per heavy atom. The molecule has 3 rings (SSSR count). The van der Waals surface area contributed by atoms with E-state index in [9.17, 15) is 9.59 Å². The van der Waals surface area contributed by atoms with E-state index in [1.54, 1.807) is 51.2 Å². The van der Waals surface area contributed by atoms with Gasteiger partial charge in [-0.2, -0.15) is 0 Å². The van der Waals surface area contributed by atoms with Crippen LogP contribution >= 0.6 is 23.2 Å². The highest BCUT2D eigenvalue weighted by molar-refractivity contribution is 6.37. The van der Waals surface area contributed by atoms with Gasteiger partial charge in [0.25, 0.3) is 5.91 Å². The average Bonchev–Trinajstić information content (AvgIpc) is 2.89. The lowest BCUT2D eigenvalue weighted by molar-refractivity contribution is -0.276. The Balaban J connectivity index is 2.12. The number of hydroxylamine groups is 2. The van der Waals surface area contributed by atoms with Gasteiger partial charge in [0, 0.05) is 30.1 Å². The Labute approximate surface area is 184 Å². The molecule has 0 N–H and O–H groups in total. The maximum atomic E-state index is 13.3. The van der Waals surface area contributed by atoms with Crippen molar-refractivity contribution < 1.29 is 23.9 Å². The molecule has 1 aliphatic heterocycles. The molecule has 0 bridgehead atoms. The topological polar surface area (TPSA) is 78.0 Å². The van der Waals surface area contributed by atoms with Crippen LogP contribution in [0.5, 0.6) is 0 Å². The second-order valence-corrected chi connectivity index (χ2v) is 7.87. The predicted octanol–water partition coefficient (Wildman–Crippen LogP) is 4.50. The van der Waals surface area contributed by atoms with E-state index in [0.717, 1.165) is 5.06 Å². The van der Waals surface area contributed by atoms with Crippen molar-refractivity contribution >= 4 is 40.7 Å². The van der Waals surface area contributed by atoms with Crippen LogP contribution in [0.2, 0.25) is 10.0 Å². The summed E-state index contributed by atoms with van der Waals surface area (Å²) in [4.78, 5) is 35.7. The van der Waals surface area contributed by atoms with Crippen molar-refractivity contribution in [1.82, 2.24) is 10.0 Å². The monoisotopic (exact) mass is 450 g/mol. The number of benzene rings is 1. The molecule has 9 heteroatoms. The third-order valence-electron chi connectivity index (χ3n) is 4.57. The van der Waals surface area contributed by atoms with E-state index < -0.39 is 23.7 Å². The number of aromatic nitrogens is 1. The second kappa shape index (κ2) is 8.73. The van der Waals surface area contributed by atoms with Crippen molar-refractivity contribution in [2.45, 2.75) is 32.6 Å². The number of hydrogen-bond donors (Lipinski definition) is 0. The predicted molar refractivity (Wildman–Crippen MR) is 112 cm³/mol. The van der Waals surface area contributed by atoms with E-state index in [-0.39, 0.29) is 21.9 Å². The molecular formula is C21H20Cl2N2O5. The smallest absolute Gasteiger partial charge is 0.344 e. The molecule has 0 aliphatic carbocycles. The SMILES string of the molecule is COC(C)ON1C(=O)C(c2ccc(Cl)cc2Cl)=C(OC(=O)c2cccnc2)C1(C)C. The highest BCUT2D eigenvalue weighted by Gasteiger charge is 2.50. The molecule has 0 saturated heterocycles. The van der Waals surface area contributed by atoms with Gasteiger partial charge >= 0.3 is 5.97 Å². The number of hydrogen-bond acceptors (Lipinski definition) is 6. The van der Waals surface area contributed by atoms with Crippen LogP contribution in [0.4, 0.5) is 0 Å². The van der Waals surface area contributed by atoms with Gasteiger partial charge in [0.1, 0.15) is 11.3 Å². The first-order valence-electron chi connectivity index (χ1n) is 9.03. The maximum absolute atomic E-state index is 13.3. The Morgan fingerprint density at radius 2 is 1.97 bits per heavy atom. The summed E-state index contributed by atoms with van der Waals surface area (Å²) < 4.78 is 10.8. The van der Waals surface area contributed by atoms with Gasteiger partial charge in [-0.3, -0.25) is 9.78 Å². The maximum Gasteiger partial charge on any atom is 0.344 e. The molecule has 0 saturated carbocycles. The zero-order valence-corrected chi connectivity index (χ0v) is 18.3. The van der Waals surface area contributed by atoms with Crippen molar-refractivity contribution in [2.75, 3.05) is 7.11 Å². The zero-order chi connectivity index (χ0) is 22.1. The molecule has 30 heavy (non-hydrogen) atoms. The normalized spacial score (nSPS) is 16.7. The summed E-state index contributed by atoms with van der Waals surface area (Å²) in [6.07, 6.45) is 2.20. The van der Waals surface area contributed by atoms with E-state index in [2.05, 4.69) is 4.98 Å². The first kappa shape index (κ1) is 22.2. The summed E-state index contributed by atoms with van der Waals surface area (Å²) in [6.45, 7) is 5.02. The van der Waals surface area contributed by atoms with Gasteiger partial charge in [0.15, 0.2) is 6.29 Å². The molecule has 2 heterocycles. The summed E-state index contributed by atoms with van der Waals surface area (Å²) in [5.41, 5.74) is -0.439. The van der Waals surface area contributed by atoms with Gasteiger partial charge in [-0.15, -0.1) is 0 Å². The quantitative estimate of drug-likeness (QED) is 0.476. The number of esters is 1. The van der Waals surface area contributed by atoms with E-state index in [1.807, 2.05) is 0 Å². The van der Waals surface area contributed by atoms with Gasteiger partial charge in [0.2, 0.25) is 0 Å². The first-order chi connectivity index (χ1) is 14.2. The molecule has 1 aromatic heterocycles. The lowest BCUT2D eigenvalue weighted by Gasteiger charge is -2.33. The minimum Gasteiger partial charge on any atom is -0.424 e. The number of ether oxygens (including phenoxy) is 2. The van der Waals surface area contributed by atoms with Crippen LogP contribution in [0.25, 0.3) is 5.57 Å². The second-order valence-electron chi connectivity index (χ2n) is 7.03. The van der Waals surface area contributed by atoms with Crippen molar-refractivity contribution in [1.29, 1.82) is 0 Å². The van der Waals surface area contributed by atoms with Crippen LogP contribution in [0.1, 0.15) is 36.7 Å². The number of carbonyl (C=O) groups is 2. The fourth-order valence-electron chi connectivity index (χ4n) is 2.96. The summed E-state index contributed by atoms with van der Waals surface area (Å²) in [6, 6.07) is 7.87. The van der Waals surface area contributed by atoms with Crippen molar-refractivity contribution in [2.24, 2.45) is 0 Å². The number of rotatable bonds is 6. The van der Waals surface area contributed by atoms with Crippen molar-refractivity contribution in [3.63, 3.8) is 0 Å². The van der Waals surface area contributed by atoms with Crippen LogP contribution in [-0.4, -0.2) is 40.9 Å². The van der Waals surface area contributed by atoms with Gasteiger partial charge in [0.05, 0.1) is 16.2 Å². The van der Waals surface area contributed by atoms with Crippen molar-refractivity contribution in [3.8, 4) is 0 Å². The standard InChI is InChI=1S/C21H20Cl2N2O5/c1-12(28-4)30-25-19(26)17(15-8-7-14(22)10-16(15)23)18(21(25,2)3)29-20(27)13-6-5-9-24-11-13/h5-12H,1-4H3. The third kappa shape index (κ3) is 4.20. The number of halogens is 2. The van der Waals surface area contributed by atoms with E-state index in [0.29, 0.717) is 10.6 Å². The zero-order valence-electron chi connectivity index (χ0n) is 16.8. The van der Waals surface area contributed by atoms with Crippen molar-refractivity contribution in [3.05, 3.63) is 69.7 Å². The molecule has 1 unspecified atom stereocenters. The molecule has 7 nitrogen and oxygen atoms in total. The van der Waals surface area contributed by atoms with Gasteiger partial charge in [-0.05, 0) is 45.0 Å². The Hall–Kier alpha value is -2.45. The molecule has 1 atom stereocenters. The van der Waals surface area contributed by atoms with Gasteiger partial charge in [-0.1, -0.05) is 29.3 Å². The largest absolute Gasteiger partial charge is 0.424 e. The summed E-state index contributed by atoms with van der Waals surface area (Å²) in [7, 11) is 1.45. The van der Waals surface area contributed by atoms with Crippen LogP contribution < -0.4 is 0 Å². The molecule has 0 fully saturated rings. The summed E-state index contributed by atoms with van der Waals surface area (Å²) in [5.74, 6) is -1.10. The molecule has 158 valence electrons. The molecule has 1 aromatic carbocycles. The van der Waals surface area contributed by atoms with E-state index in [1.165, 1.54) is 19.4 Å². The fourth-order valence-corrected chi connectivity index (χ4v) is 3.47. The fraction of sp³-hybridized carbons (Fsp3) is 0.286. The number of methoxy groups -OCH3 is 1.